The Morgan fingerprint density at radius 1 is 1.08 bits per heavy atom. The second kappa shape index (κ2) is 8.23. The Bertz CT molecular complexity index is 784. The number of benzene rings is 2. The highest BCUT2D eigenvalue weighted by molar-refractivity contribution is 6.33. The highest BCUT2D eigenvalue weighted by Crippen LogP contribution is 2.19. The molecule has 6 heteroatoms. The molecule has 1 saturated heterocycles. The van der Waals surface area contributed by atoms with Crippen molar-refractivity contribution in [2.75, 3.05) is 20.2 Å². The Labute approximate surface area is 157 Å². The molecule has 0 spiro atoms. The molecular weight excluding hydrogens is 352 g/mol. The van der Waals surface area contributed by atoms with Crippen molar-refractivity contribution < 1.29 is 14.3 Å². The van der Waals surface area contributed by atoms with E-state index in [9.17, 15) is 9.59 Å². The van der Waals surface area contributed by atoms with Crippen LogP contribution in [-0.4, -0.2) is 43.0 Å². The van der Waals surface area contributed by atoms with Crippen LogP contribution in [0, 0.1) is 0 Å². The van der Waals surface area contributed by atoms with Crippen LogP contribution in [0.3, 0.4) is 0 Å². The van der Waals surface area contributed by atoms with Gasteiger partial charge in [0.25, 0.3) is 11.8 Å². The zero-order chi connectivity index (χ0) is 18.5. The number of hydrogen-bond donors (Lipinski definition) is 1. The second-order valence-electron chi connectivity index (χ2n) is 6.25. The number of piperidine rings is 1. The molecule has 1 N–H and O–H groups in total. The molecule has 0 aromatic heterocycles. The lowest BCUT2D eigenvalue weighted by Crippen LogP contribution is -2.46. The monoisotopic (exact) mass is 372 g/mol. The molecule has 2 aromatic carbocycles. The first-order valence-corrected chi connectivity index (χ1v) is 8.95. The van der Waals surface area contributed by atoms with Crippen molar-refractivity contribution in [1.82, 2.24) is 10.2 Å². The number of likely N-dealkylation sites (tertiary alicyclic amines) is 1. The quantitative estimate of drug-likeness (QED) is 0.895. The summed E-state index contributed by atoms with van der Waals surface area (Å²) < 4.78 is 5.12. The van der Waals surface area contributed by atoms with E-state index in [4.69, 9.17) is 16.3 Å². The molecule has 0 atom stereocenters. The molecular formula is C20H21ClN2O3. The summed E-state index contributed by atoms with van der Waals surface area (Å²) in [4.78, 5) is 26.7. The predicted octanol–water partition coefficient (Wildman–Crippen LogP) is 3.38. The maximum absolute atomic E-state index is 12.6. The number of nitrogens with zero attached hydrogens (tertiary/aromatic N) is 1. The summed E-state index contributed by atoms with van der Waals surface area (Å²) in [5.41, 5.74) is 1.12. The van der Waals surface area contributed by atoms with E-state index in [0.29, 0.717) is 29.2 Å². The summed E-state index contributed by atoms with van der Waals surface area (Å²) in [6.07, 6.45) is 1.44. The number of amides is 2. The van der Waals surface area contributed by atoms with Crippen molar-refractivity contribution in [3.63, 3.8) is 0 Å². The van der Waals surface area contributed by atoms with E-state index < -0.39 is 0 Å². The molecule has 1 fully saturated rings. The average molecular weight is 373 g/mol. The van der Waals surface area contributed by atoms with Gasteiger partial charge in [-0.2, -0.15) is 0 Å². The van der Waals surface area contributed by atoms with Crippen LogP contribution in [0.5, 0.6) is 5.75 Å². The molecule has 1 aliphatic rings. The first kappa shape index (κ1) is 18.3. The van der Waals surface area contributed by atoms with Crippen molar-refractivity contribution in [1.29, 1.82) is 0 Å². The van der Waals surface area contributed by atoms with Gasteiger partial charge in [-0.3, -0.25) is 9.59 Å². The lowest BCUT2D eigenvalue weighted by atomic mass is 10.0. The number of carbonyl (C=O) groups excluding carboxylic acids is 2. The van der Waals surface area contributed by atoms with E-state index in [-0.39, 0.29) is 17.9 Å². The van der Waals surface area contributed by atoms with Gasteiger partial charge in [0.15, 0.2) is 0 Å². The van der Waals surface area contributed by atoms with Gasteiger partial charge in [-0.15, -0.1) is 0 Å². The largest absolute Gasteiger partial charge is 0.497 e. The van der Waals surface area contributed by atoms with E-state index in [1.54, 1.807) is 55.6 Å². The molecule has 26 heavy (non-hydrogen) atoms. The minimum absolute atomic E-state index is 0.00327. The van der Waals surface area contributed by atoms with Crippen LogP contribution >= 0.6 is 11.6 Å². The van der Waals surface area contributed by atoms with Crippen molar-refractivity contribution in [2.45, 2.75) is 18.9 Å². The summed E-state index contributed by atoms with van der Waals surface area (Å²) in [6.45, 7) is 1.22. The van der Waals surface area contributed by atoms with Crippen molar-refractivity contribution >= 4 is 23.4 Å². The molecule has 0 saturated carbocycles. The maximum Gasteiger partial charge on any atom is 0.253 e. The highest BCUT2D eigenvalue weighted by Gasteiger charge is 2.25. The number of rotatable bonds is 4. The Kier molecular flexibility index (Phi) is 5.78. The number of nitrogens with one attached hydrogen (secondary N) is 1. The van der Waals surface area contributed by atoms with Crippen LogP contribution in [0.25, 0.3) is 0 Å². The molecule has 0 bridgehead atoms. The number of halogens is 1. The van der Waals surface area contributed by atoms with Gasteiger partial charge in [-0.05, 0) is 49.2 Å². The second-order valence-corrected chi connectivity index (χ2v) is 6.66. The fourth-order valence-corrected chi connectivity index (χ4v) is 3.27. The third-order valence-corrected chi connectivity index (χ3v) is 4.90. The van der Waals surface area contributed by atoms with Crippen LogP contribution in [0.15, 0.2) is 48.5 Å². The van der Waals surface area contributed by atoms with E-state index in [1.807, 2.05) is 4.90 Å². The van der Waals surface area contributed by atoms with Crippen LogP contribution in [0.1, 0.15) is 33.6 Å². The fraction of sp³-hybridized carbons (Fsp3) is 0.300. The molecule has 1 aliphatic heterocycles. The fourth-order valence-electron chi connectivity index (χ4n) is 3.05. The van der Waals surface area contributed by atoms with Crippen LogP contribution in [0.2, 0.25) is 5.02 Å². The lowest BCUT2D eigenvalue weighted by molar-refractivity contribution is 0.0698. The van der Waals surface area contributed by atoms with Gasteiger partial charge in [0.1, 0.15) is 5.75 Å². The molecule has 0 unspecified atom stereocenters. The Balaban J connectivity index is 1.54. The molecule has 2 aromatic rings. The predicted molar refractivity (Wildman–Crippen MR) is 101 cm³/mol. The third-order valence-electron chi connectivity index (χ3n) is 4.57. The Hall–Kier alpha value is -2.53. The smallest absolute Gasteiger partial charge is 0.253 e. The first-order chi connectivity index (χ1) is 12.6. The zero-order valence-corrected chi connectivity index (χ0v) is 15.3. The number of methoxy groups -OCH3 is 1. The van der Waals surface area contributed by atoms with Gasteiger partial charge < -0.3 is 15.0 Å². The normalized spacial score (nSPS) is 14.8. The molecule has 5 nitrogen and oxygen atoms in total. The highest BCUT2D eigenvalue weighted by atomic mass is 35.5. The first-order valence-electron chi connectivity index (χ1n) is 8.57. The topological polar surface area (TPSA) is 58.6 Å². The van der Waals surface area contributed by atoms with E-state index >= 15 is 0 Å². The lowest BCUT2D eigenvalue weighted by Gasteiger charge is -2.32. The molecule has 1 heterocycles. The number of carbonyl (C=O) groups is 2. The Morgan fingerprint density at radius 3 is 2.35 bits per heavy atom. The van der Waals surface area contributed by atoms with Gasteiger partial charge >= 0.3 is 0 Å². The van der Waals surface area contributed by atoms with Gasteiger partial charge in [-0.25, -0.2) is 0 Å². The third kappa shape index (κ3) is 4.17. The van der Waals surface area contributed by atoms with E-state index in [2.05, 4.69) is 5.32 Å². The Morgan fingerprint density at radius 2 is 1.73 bits per heavy atom. The molecule has 2 amide bonds. The minimum Gasteiger partial charge on any atom is -0.497 e. The van der Waals surface area contributed by atoms with E-state index in [0.717, 1.165) is 18.6 Å². The zero-order valence-electron chi connectivity index (χ0n) is 14.6. The molecule has 136 valence electrons. The molecule has 0 aliphatic carbocycles. The van der Waals surface area contributed by atoms with Crippen LogP contribution in [-0.2, 0) is 0 Å². The van der Waals surface area contributed by atoms with Crippen molar-refractivity contribution in [2.24, 2.45) is 0 Å². The van der Waals surface area contributed by atoms with Gasteiger partial charge in [-0.1, -0.05) is 23.7 Å². The summed E-state index contributed by atoms with van der Waals surface area (Å²) in [6, 6.07) is 14.1. The average Bonchev–Trinajstić information content (AvgIpc) is 2.68. The van der Waals surface area contributed by atoms with Gasteiger partial charge in [0, 0.05) is 24.7 Å². The summed E-state index contributed by atoms with van der Waals surface area (Å²) in [7, 11) is 1.60. The minimum atomic E-state index is -0.171. The summed E-state index contributed by atoms with van der Waals surface area (Å²) >= 11 is 6.07. The summed E-state index contributed by atoms with van der Waals surface area (Å²) in [5, 5.41) is 3.45. The molecule has 3 rings (SSSR count). The van der Waals surface area contributed by atoms with Crippen molar-refractivity contribution in [3.05, 3.63) is 64.7 Å². The number of ether oxygens (including phenoxy) is 1. The maximum atomic E-state index is 12.6. The van der Waals surface area contributed by atoms with Crippen molar-refractivity contribution in [3.8, 4) is 5.75 Å². The van der Waals surface area contributed by atoms with Gasteiger partial charge in [0.2, 0.25) is 0 Å². The van der Waals surface area contributed by atoms with Crippen LogP contribution < -0.4 is 10.1 Å². The molecule has 0 radical (unpaired) electrons. The standard InChI is InChI=1S/C20H21ClN2O3/c1-26-16-8-6-14(7-9-16)20(25)23-12-10-15(11-13-23)22-19(24)17-4-2-3-5-18(17)21/h2-9,15H,10-13H2,1H3,(H,22,24). The van der Waals surface area contributed by atoms with E-state index in [1.165, 1.54) is 0 Å². The number of hydrogen-bond acceptors (Lipinski definition) is 3. The van der Waals surface area contributed by atoms with Gasteiger partial charge in [0.05, 0.1) is 17.7 Å². The summed E-state index contributed by atoms with van der Waals surface area (Å²) in [5.74, 6) is 0.557. The SMILES string of the molecule is COc1ccc(C(=O)N2CCC(NC(=O)c3ccccc3Cl)CC2)cc1. The van der Waals surface area contributed by atoms with Crippen LogP contribution in [0.4, 0.5) is 0 Å².